The van der Waals surface area contributed by atoms with Crippen molar-refractivity contribution in [3.05, 3.63) is 33.8 Å². The number of Topliss-reactive ketones (excluding diaryl/α,β-unsaturated/α-hetero) is 1. The average molecular weight is 290 g/mol. The minimum absolute atomic E-state index is 0.0431. The SMILES string of the molecule is O=C(CN1CCSC1=O)c1ccc(Cl)c(Cl)c1. The highest BCUT2D eigenvalue weighted by Crippen LogP contribution is 2.23. The largest absolute Gasteiger partial charge is 0.325 e. The number of thioether (sulfide) groups is 1. The highest BCUT2D eigenvalue weighted by Gasteiger charge is 2.23. The maximum absolute atomic E-state index is 11.9. The van der Waals surface area contributed by atoms with Crippen molar-refractivity contribution in [3.8, 4) is 0 Å². The first-order chi connectivity index (χ1) is 8.08. The average Bonchev–Trinajstić information content (AvgIpc) is 2.68. The summed E-state index contributed by atoms with van der Waals surface area (Å²) in [5.74, 6) is 0.618. The second kappa shape index (κ2) is 5.29. The lowest BCUT2D eigenvalue weighted by atomic mass is 10.1. The van der Waals surface area contributed by atoms with Crippen LogP contribution in [0.2, 0.25) is 10.0 Å². The maximum Gasteiger partial charge on any atom is 0.282 e. The van der Waals surface area contributed by atoms with Crippen LogP contribution in [0.4, 0.5) is 4.79 Å². The van der Waals surface area contributed by atoms with E-state index >= 15 is 0 Å². The molecule has 3 nitrogen and oxygen atoms in total. The quantitative estimate of drug-likeness (QED) is 0.801. The van der Waals surface area contributed by atoms with Gasteiger partial charge in [-0.1, -0.05) is 35.0 Å². The Hall–Kier alpha value is -0.710. The smallest absolute Gasteiger partial charge is 0.282 e. The van der Waals surface area contributed by atoms with E-state index in [0.29, 0.717) is 22.2 Å². The molecule has 1 fully saturated rings. The molecule has 0 aromatic heterocycles. The fourth-order valence-electron chi connectivity index (χ4n) is 1.50. The summed E-state index contributed by atoms with van der Waals surface area (Å²) >= 11 is 12.8. The standard InChI is InChI=1S/C11H9Cl2NO2S/c12-8-2-1-7(5-9(8)13)10(15)6-14-3-4-17-11(14)16/h1-2,5H,3-4,6H2. The summed E-state index contributed by atoms with van der Waals surface area (Å²) in [4.78, 5) is 24.8. The molecule has 17 heavy (non-hydrogen) atoms. The van der Waals surface area contributed by atoms with E-state index in [1.54, 1.807) is 12.1 Å². The molecular weight excluding hydrogens is 281 g/mol. The normalized spacial score (nSPS) is 15.4. The van der Waals surface area contributed by atoms with E-state index in [9.17, 15) is 9.59 Å². The highest BCUT2D eigenvalue weighted by molar-refractivity contribution is 8.13. The van der Waals surface area contributed by atoms with Gasteiger partial charge in [0.1, 0.15) is 0 Å². The maximum atomic E-state index is 11.9. The number of benzene rings is 1. The van der Waals surface area contributed by atoms with Crippen molar-refractivity contribution in [3.63, 3.8) is 0 Å². The van der Waals surface area contributed by atoms with Crippen LogP contribution in [0.5, 0.6) is 0 Å². The van der Waals surface area contributed by atoms with Crippen molar-refractivity contribution >= 4 is 46.0 Å². The molecule has 0 radical (unpaired) electrons. The Morgan fingerprint density at radius 3 is 2.71 bits per heavy atom. The van der Waals surface area contributed by atoms with Gasteiger partial charge in [0.2, 0.25) is 0 Å². The summed E-state index contributed by atoms with van der Waals surface area (Å²) in [6, 6.07) is 4.72. The number of carbonyl (C=O) groups is 2. The van der Waals surface area contributed by atoms with Gasteiger partial charge >= 0.3 is 0 Å². The molecule has 0 N–H and O–H groups in total. The Morgan fingerprint density at radius 2 is 2.12 bits per heavy atom. The Balaban J connectivity index is 2.09. The molecule has 0 spiro atoms. The second-order valence-corrected chi connectivity index (χ2v) is 5.45. The van der Waals surface area contributed by atoms with E-state index in [1.165, 1.54) is 22.7 Å². The Bertz CT molecular complexity index is 479. The summed E-state index contributed by atoms with van der Waals surface area (Å²) in [5.41, 5.74) is 0.476. The third kappa shape index (κ3) is 2.94. The van der Waals surface area contributed by atoms with E-state index in [1.807, 2.05) is 0 Å². The van der Waals surface area contributed by atoms with Gasteiger partial charge in [-0.25, -0.2) is 0 Å². The second-order valence-electron chi connectivity index (χ2n) is 3.59. The van der Waals surface area contributed by atoms with Crippen molar-refractivity contribution in [1.82, 2.24) is 4.90 Å². The van der Waals surface area contributed by atoms with Gasteiger partial charge in [-0.05, 0) is 18.2 Å². The summed E-state index contributed by atoms with van der Waals surface area (Å²) in [6.07, 6.45) is 0. The Labute approximate surface area is 113 Å². The van der Waals surface area contributed by atoms with Gasteiger partial charge in [-0.15, -0.1) is 0 Å². The minimum Gasteiger partial charge on any atom is -0.325 e. The minimum atomic E-state index is -0.126. The van der Waals surface area contributed by atoms with Crippen LogP contribution in [0.1, 0.15) is 10.4 Å². The number of halogens is 2. The number of rotatable bonds is 3. The lowest BCUT2D eigenvalue weighted by molar-refractivity contribution is 0.0956. The first-order valence-electron chi connectivity index (χ1n) is 4.98. The topological polar surface area (TPSA) is 37.4 Å². The van der Waals surface area contributed by atoms with Crippen molar-refractivity contribution in [1.29, 1.82) is 0 Å². The van der Waals surface area contributed by atoms with E-state index in [-0.39, 0.29) is 17.6 Å². The van der Waals surface area contributed by atoms with E-state index < -0.39 is 0 Å². The Morgan fingerprint density at radius 1 is 1.35 bits per heavy atom. The third-order valence-electron chi connectivity index (χ3n) is 2.42. The van der Waals surface area contributed by atoms with Gasteiger partial charge in [-0.3, -0.25) is 9.59 Å². The molecule has 6 heteroatoms. The lowest BCUT2D eigenvalue weighted by Crippen LogP contribution is -2.29. The molecule has 1 aliphatic rings. The molecule has 1 heterocycles. The number of hydrogen-bond donors (Lipinski definition) is 0. The first-order valence-corrected chi connectivity index (χ1v) is 6.72. The first kappa shape index (κ1) is 12.7. The van der Waals surface area contributed by atoms with Crippen molar-refractivity contribution in [2.75, 3.05) is 18.8 Å². The molecule has 0 unspecified atom stereocenters. The van der Waals surface area contributed by atoms with Gasteiger partial charge in [0, 0.05) is 17.9 Å². The lowest BCUT2D eigenvalue weighted by Gasteiger charge is -2.13. The van der Waals surface area contributed by atoms with Crippen molar-refractivity contribution in [2.45, 2.75) is 0 Å². The zero-order chi connectivity index (χ0) is 12.4. The van der Waals surface area contributed by atoms with Crippen LogP contribution in [0.3, 0.4) is 0 Å². The summed E-state index contributed by atoms with van der Waals surface area (Å²) in [7, 11) is 0. The van der Waals surface area contributed by atoms with E-state index in [2.05, 4.69) is 0 Å². The summed E-state index contributed by atoms with van der Waals surface area (Å²) < 4.78 is 0. The molecule has 1 aromatic carbocycles. The van der Waals surface area contributed by atoms with Crippen molar-refractivity contribution in [2.24, 2.45) is 0 Å². The molecular formula is C11H9Cl2NO2S. The van der Waals surface area contributed by atoms with E-state index in [4.69, 9.17) is 23.2 Å². The number of amides is 1. The third-order valence-corrected chi connectivity index (χ3v) is 4.05. The van der Waals surface area contributed by atoms with Gasteiger partial charge in [0.25, 0.3) is 5.24 Å². The van der Waals surface area contributed by atoms with Crippen LogP contribution in [-0.4, -0.2) is 34.8 Å². The predicted molar refractivity (Wildman–Crippen MR) is 70.2 cm³/mol. The fraction of sp³-hybridized carbons (Fsp3) is 0.273. The molecule has 1 aromatic rings. The molecule has 0 aliphatic carbocycles. The molecule has 0 saturated carbocycles. The molecule has 0 atom stereocenters. The zero-order valence-corrected chi connectivity index (χ0v) is 11.1. The number of carbonyl (C=O) groups excluding carboxylic acids is 2. The molecule has 1 amide bonds. The molecule has 2 rings (SSSR count). The van der Waals surface area contributed by atoms with Crippen LogP contribution in [0.25, 0.3) is 0 Å². The summed E-state index contributed by atoms with van der Waals surface area (Å²) in [6.45, 7) is 0.723. The van der Waals surface area contributed by atoms with Gasteiger partial charge in [0.15, 0.2) is 5.78 Å². The number of ketones is 1. The van der Waals surface area contributed by atoms with Crippen LogP contribution in [0.15, 0.2) is 18.2 Å². The zero-order valence-electron chi connectivity index (χ0n) is 8.78. The van der Waals surface area contributed by atoms with Gasteiger partial charge in [-0.2, -0.15) is 0 Å². The molecule has 1 aliphatic heterocycles. The fourth-order valence-corrected chi connectivity index (χ4v) is 2.63. The number of nitrogens with zero attached hydrogens (tertiary/aromatic N) is 1. The predicted octanol–water partition coefficient (Wildman–Crippen LogP) is 3.34. The van der Waals surface area contributed by atoms with Crippen molar-refractivity contribution < 1.29 is 9.59 Å². The summed E-state index contributed by atoms with van der Waals surface area (Å²) in [5, 5.41) is 0.717. The Kier molecular flexibility index (Phi) is 3.97. The van der Waals surface area contributed by atoms with Crippen LogP contribution in [0, 0.1) is 0 Å². The molecule has 90 valence electrons. The number of hydrogen-bond acceptors (Lipinski definition) is 3. The van der Waals surface area contributed by atoms with Gasteiger partial charge in [0.05, 0.1) is 16.6 Å². The monoisotopic (exact) mass is 289 g/mol. The molecule has 0 bridgehead atoms. The van der Waals surface area contributed by atoms with Crippen LogP contribution < -0.4 is 0 Å². The van der Waals surface area contributed by atoms with Crippen LogP contribution in [-0.2, 0) is 0 Å². The van der Waals surface area contributed by atoms with E-state index in [0.717, 1.165) is 5.75 Å². The molecule has 1 saturated heterocycles. The highest BCUT2D eigenvalue weighted by atomic mass is 35.5. The van der Waals surface area contributed by atoms with Crippen LogP contribution >= 0.6 is 35.0 Å². The van der Waals surface area contributed by atoms with Gasteiger partial charge < -0.3 is 4.90 Å².